The fraction of sp³-hybridized carbons (Fsp3) is 0.586. The molecule has 1 aromatic carbocycles. The summed E-state index contributed by atoms with van der Waals surface area (Å²) in [7, 11) is 0. The van der Waals surface area contributed by atoms with Crippen LogP contribution in [-0.4, -0.2) is 52.9 Å². The van der Waals surface area contributed by atoms with Crippen LogP contribution >= 0.6 is 0 Å². The predicted octanol–water partition coefficient (Wildman–Crippen LogP) is 4.96. The number of aromatic nitrogens is 2. The van der Waals surface area contributed by atoms with Crippen LogP contribution in [0, 0.1) is 23.6 Å². The average Bonchev–Trinajstić information content (AvgIpc) is 3.87. The number of alkyl halides is 3. The van der Waals surface area contributed by atoms with E-state index in [-0.39, 0.29) is 47.4 Å². The first-order valence-electron chi connectivity index (χ1n) is 14.3. The van der Waals surface area contributed by atoms with Crippen LogP contribution in [0.2, 0.25) is 0 Å². The average molecular weight is 596 g/mol. The molecule has 0 saturated heterocycles. The van der Waals surface area contributed by atoms with E-state index in [0.717, 1.165) is 31.7 Å². The van der Waals surface area contributed by atoms with E-state index in [9.17, 15) is 27.6 Å². The van der Waals surface area contributed by atoms with Crippen LogP contribution in [0.1, 0.15) is 81.4 Å². The second-order valence-electron chi connectivity index (χ2n) is 11.3. The zero-order valence-electron chi connectivity index (χ0n) is 24.1. The summed E-state index contributed by atoms with van der Waals surface area (Å²) in [4.78, 5) is 39.5. The van der Waals surface area contributed by atoms with Crippen molar-refractivity contribution in [3.63, 3.8) is 0 Å². The Bertz CT molecular complexity index is 1290. The summed E-state index contributed by atoms with van der Waals surface area (Å²) in [5.41, 5.74) is 0.111. The molecule has 2 aliphatic carbocycles. The lowest BCUT2D eigenvalue weighted by molar-refractivity contribution is -0.139. The van der Waals surface area contributed by atoms with E-state index in [1.54, 1.807) is 23.0 Å². The Morgan fingerprint density at radius 2 is 1.71 bits per heavy atom. The molecule has 42 heavy (non-hydrogen) atoms. The molecule has 230 valence electrons. The molecule has 13 heteroatoms. The van der Waals surface area contributed by atoms with Crippen molar-refractivity contribution in [1.29, 1.82) is 0 Å². The Hall–Kier alpha value is -3.64. The van der Waals surface area contributed by atoms with Gasteiger partial charge in [-0.2, -0.15) is 18.3 Å². The molecule has 9 nitrogen and oxygen atoms in total. The minimum absolute atomic E-state index is 0.0349. The third-order valence-electron chi connectivity index (χ3n) is 7.66. The van der Waals surface area contributed by atoms with Crippen LogP contribution in [0.25, 0.3) is 0 Å². The van der Waals surface area contributed by atoms with Gasteiger partial charge in [-0.1, -0.05) is 0 Å². The number of ether oxygens (including phenoxy) is 1. The molecule has 2 fully saturated rings. The second-order valence-corrected chi connectivity index (χ2v) is 11.3. The van der Waals surface area contributed by atoms with E-state index in [1.165, 1.54) is 19.2 Å². The van der Waals surface area contributed by atoms with Gasteiger partial charge in [0.1, 0.15) is 29.8 Å². The highest BCUT2D eigenvalue weighted by atomic mass is 19.4. The third kappa shape index (κ3) is 7.60. The Balaban J connectivity index is 1.59. The van der Waals surface area contributed by atoms with Crippen molar-refractivity contribution < 1.29 is 36.7 Å². The Labute approximate surface area is 241 Å². The van der Waals surface area contributed by atoms with Crippen molar-refractivity contribution in [1.82, 2.24) is 20.4 Å². The lowest BCUT2D eigenvalue weighted by Crippen LogP contribution is -2.50. The van der Waals surface area contributed by atoms with Gasteiger partial charge in [-0.15, -0.1) is 0 Å². The molecule has 1 aromatic heterocycles. The highest BCUT2D eigenvalue weighted by molar-refractivity contribution is 6.01. The van der Waals surface area contributed by atoms with Gasteiger partial charge in [0.05, 0.1) is 18.2 Å². The van der Waals surface area contributed by atoms with Crippen molar-refractivity contribution in [3.8, 4) is 5.75 Å². The number of amides is 3. The zero-order valence-corrected chi connectivity index (χ0v) is 24.1. The second kappa shape index (κ2) is 12.7. The van der Waals surface area contributed by atoms with Gasteiger partial charge in [0, 0.05) is 23.9 Å². The number of halogens is 4. The topological polar surface area (TPSA) is 114 Å². The molecule has 4 rings (SSSR count). The number of carbonyl (C=O) groups excluding carboxylic acids is 3. The molecule has 0 aliphatic heterocycles. The van der Waals surface area contributed by atoms with E-state index in [4.69, 9.17) is 4.74 Å². The number of nitrogens with one attached hydrogen (secondary N) is 3. The molecule has 2 saturated carbocycles. The van der Waals surface area contributed by atoms with Crippen molar-refractivity contribution >= 4 is 23.4 Å². The molecule has 0 spiro atoms. The highest BCUT2D eigenvalue weighted by Gasteiger charge is 2.48. The molecule has 0 bridgehead atoms. The van der Waals surface area contributed by atoms with Gasteiger partial charge in [-0.05, 0) is 83.3 Å². The molecular weight excluding hydrogens is 558 g/mol. The maximum atomic E-state index is 15.4. The minimum atomic E-state index is -4.60. The van der Waals surface area contributed by atoms with Crippen molar-refractivity contribution in [3.05, 3.63) is 41.5 Å². The Morgan fingerprint density at radius 1 is 1.07 bits per heavy atom. The summed E-state index contributed by atoms with van der Waals surface area (Å²) in [6.45, 7) is 5.36. The van der Waals surface area contributed by atoms with E-state index < -0.39 is 48.2 Å². The predicted molar refractivity (Wildman–Crippen MR) is 146 cm³/mol. The van der Waals surface area contributed by atoms with Gasteiger partial charge in [0.15, 0.2) is 0 Å². The summed E-state index contributed by atoms with van der Waals surface area (Å²) in [5, 5.41) is 11.5. The normalized spacial score (nSPS) is 16.7. The fourth-order valence-electron chi connectivity index (χ4n) is 5.32. The van der Waals surface area contributed by atoms with Gasteiger partial charge in [-0.3, -0.25) is 19.1 Å². The number of benzene rings is 1. The molecule has 2 unspecified atom stereocenters. The fourth-order valence-corrected chi connectivity index (χ4v) is 5.32. The molecule has 2 aliphatic rings. The van der Waals surface area contributed by atoms with Crippen LogP contribution < -0.4 is 20.7 Å². The van der Waals surface area contributed by atoms with Crippen molar-refractivity contribution in [2.75, 3.05) is 18.5 Å². The van der Waals surface area contributed by atoms with Gasteiger partial charge < -0.3 is 20.7 Å². The molecular formula is C29H37F4N5O4. The molecule has 0 radical (unpaired) electrons. The summed E-state index contributed by atoms with van der Waals surface area (Å²) in [5.74, 6) is -3.59. The molecule has 2 atom stereocenters. The van der Waals surface area contributed by atoms with Gasteiger partial charge >= 0.3 is 6.18 Å². The van der Waals surface area contributed by atoms with E-state index in [2.05, 4.69) is 15.7 Å². The van der Waals surface area contributed by atoms with Gasteiger partial charge in [-0.25, -0.2) is 4.39 Å². The van der Waals surface area contributed by atoms with Crippen molar-refractivity contribution in [2.45, 2.75) is 77.6 Å². The number of nitrogens with zero attached hydrogens (tertiary/aromatic N) is 2. The summed E-state index contributed by atoms with van der Waals surface area (Å²) in [6.07, 6.45) is 0.677. The van der Waals surface area contributed by atoms with E-state index in [1.807, 2.05) is 13.8 Å². The summed E-state index contributed by atoms with van der Waals surface area (Å²) < 4.78 is 60.3. The van der Waals surface area contributed by atoms with Crippen LogP contribution in [0.5, 0.6) is 5.75 Å². The molecule has 2 aromatic rings. The number of carbonyl (C=O) groups is 3. The Kier molecular flexibility index (Phi) is 9.47. The number of hydrogen-bond donors (Lipinski definition) is 3. The van der Waals surface area contributed by atoms with E-state index in [0.29, 0.717) is 5.69 Å². The van der Waals surface area contributed by atoms with Gasteiger partial charge in [0.25, 0.3) is 5.91 Å². The maximum Gasteiger partial charge on any atom is 0.405 e. The SMILES string of the molecule is CCOc1cc(NC(=O)C(NC(=O)c2ccnn2C(C)C)C(C2CC2)C2CC2)c(F)cc1C(C)C(=O)NCC(F)(F)F. The largest absolute Gasteiger partial charge is 0.493 e. The van der Waals surface area contributed by atoms with E-state index >= 15 is 4.39 Å². The number of hydrogen-bond acceptors (Lipinski definition) is 5. The third-order valence-corrected chi connectivity index (χ3v) is 7.66. The first kappa shape index (κ1) is 31.3. The standard InChI is InChI=1S/C29H37F4N5O4/c1-5-42-23-13-21(20(30)12-19(23)16(4)26(39)34-14-29(31,32)33)36-28(41)25(24(17-6-7-17)18-8-9-18)37-27(40)22-10-11-35-38(22)15(2)3/h10-13,15-18,24-25H,5-9,14H2,1-4H3,(H,34,39)(H,36,41)(H,37,40). The highest BCUT2D eigenvalue weighted by Crippen LogP contribution is 2.51. The summed E-state index contributed by atoms with van der Waals surface area (Å²) >= 11 is 0. The lowest BCUT2D eigenvalue weighted by Gasteiger charge is -2.28. The molecule has 3 N–H and O–H groups in total. The number of anilines is 1. The summed E-state index contributed by atoms with van der Waals surface area (Å²) in [6, 6.07) is 2.75. The first-order valence-corrected chi connectivity index (χ1v) is 14.3. The van der Waals surface area contributed by atoms with Crippen LogP contribution in [0.4, 0.5) is 23.2 Å². The van der Waals surface area contributed by atoms with Gasteiger partial charge in [0.2, 0.25) is 11.8 Å². The quantitative estimate of drug-likeness (QED) is 0.284. The smallest absolute Gasteiger partial charge is 0.405 e. The van der Waals surface area contributed by atoms with Crippen LogP contribution in [-0.2, 0) is 9.59 Å². The lowest BCUT2D eigenvalue weighted by atomic mass is 9.88. The number of rotatable bonds is 13. The molecule has 3 amide bonds. The zero-order chi connectivity index (χ0) is 30.8. The Morgan fingerprint density at radius 3 is 2.26 bits per heavy atom. The minimum Gasteiger partial charge on any atom is -0.493 e. The first-order chi connectivity index (χ1) is 19.8. The maximum absolute atomic E-state index is 15.4. The van der Waals surface area contributed by atoms with Crippen molar-refractivity contribution in [2.24, 2.45) is 17.8 Å². The van der Waals surface area contributed by atoms with Crippen LogP contribution in [0.15, 0.2) is 24.4 Å². The van der Waals surface area contributed by atoms with Crippen LogP contribution in [0.3, 0.4) is 0 Å². The molecule has 1 heterocycles. The monoisotopic (exact) mass is 595 g/mol.